The molecule has 0 fully saturated rings. The van der Waals surface area contributed by atoms with Crippen molar-refractivity contribution in [2.45, 2.75) is 33.6 Å². The van der Waals surface area contributed by atoms with E-state index in [4.69, 9.17) is 0 Å². The van der Waals surface area contributed by atoms with Crippen molar-refractivity contribution in [2.24, 2.45) is 45.3 Å². The highest BCUT2D eigenvalue weighted by molar-refractivity contribution is 5.73. The molecule has 0 aromatic heterocycles. The minimum atomic E-state index is -2.19. The van der Waals surface area contributed by atoms with E-state index >= 15 is 0 Å². The first-order valence-electron chi connectivity index (χ1n) is 14.8. The monoisotopic (exact) mass is 599 g/mol. The molecule has 0 aliphatic heterocycles. The molecule has 0 N–H and O–H groups in total. The van der Waals surface area contributed by atoms with E-state index in [1.54, 1.807) is 32.1 Å². The molecule has 2 unspecified atom stereocenters. The Morgan fingerprint density at radius 3 is 1.50 bits per heavy atom. The van der Waals surface area contributed by atoms with Gasteiger partial charge in [-0.05, 0) is 54.2 Å². The number of nitriles is 8. The maximum absolute atomic E-state index is 10.9. The summed E-state index contributed by atoms with van der Waals surface area (Å²) >= 11 is 0. The number of hydrogen-bond donors (Lipinski definition) is 0. The number of fused-ring (bicyclic) bond motifs is 2. The van der Waals surface area contributed by atoms with Crippen molar-refractivity contribution in [2.75, 3.05) is 19.0 Å². The van der Waals surface area contributed by atoms with Crippen molar-refractivity contribution in [3.05, 3.63) is 75.4 Å². The van der Waals surface area contributed by atoms with Crippen LogP contribution in [0.4, 0.5) is 5.69 Å². The Balaban J connectivity index is 1.98. The number of rotatable bonds is 3. The molecule has 5 aliphatic rings. The molecule has 0 heterocycles. The van der Waals surface area contributed by atoms with Gasteiger partial charge in [-0.25, -0.2) is 0 Å². The summed E-state index contributed by atoms with van der Waals surface area (Å²) < 4.78 is 0. The molecule has 0 radical (unpaired) electrons. The van der Waals surface area contributed by atoms with Crippen LogP contribution in [0, 0.1) is 136 Å². The molecular weight excluding hydrogens is 570 g/mol. The van der Waals surface area contributed by atoms with Gasteiger partial charge in [-0.1, -0.05) is 54.9 Å². The zero-order chi connectivity index (χ0) is 34.0. The van der Waals surface area contributed by atoms with Crippen LogP contribution in [-0.4, -0.2) is 14.1 Å². The molecule has 0 saturated heterocycles. The molecule has 0 amide bonds. The minimum absolute atomic E-state index is 0.190. The van der Waals surface area contributed by atoms with E-state index in [2.05, 4.69) is 48.6 Å². The zero-order valence-corrected chi connectivity index (χ0v) is 26.4. The van der Waals surface area contributed by atoms with E-state index < -0.39 is 45.3 Å². The summed E-state index contributed by atoms with van der Waals surface area (Å²) in [5.74, 6) is -4.23. The molecule has 2 bridgehead atoms. The predicted octanol–water partition coefficient (Wildman–Crippen LogP) is 6.02. The molecule has 0 saturated carbocycles. The minimum Gasteiger partial charge on any atom is -0.378 e. The van der Waals surface area contributed by atoms with Crippen molar-refractivity contribution in [1.29, 1.82) is 42.1 Å². The Morgan fingerprint density at radius 2 is 1.07 bits per heavy atom. The SMILES string of the molecule is CC1=C2C3=C[C@H](c4ccc(N(C)C)cc4)C(C#N)(C#N)C(C#N)(C#N)[C@@H]3C(C)=C2C2C(C(C)C)=CC1C(C#N)(C#N)C2(C#N)C#N. The number of anilines is 1. The summed E-state index contributed by atoms with van der Waals surface area (Å²) in [6, 6.07) is 24.2. The summed E-state index contributed by atoms with van der Waals surface area (Å²) in [5.41, 5.74) is -3.71. The van der Waals surface area contributed by atoms with Gasteiger partial charge in [-0.15, -0.1) is 0 Å². The second-order valence-corrected chi connectivity index (χ2v) is 13.0. The van der Waals surface area contributed by atoms with Crippen molar-refractivity contribution >= 4 is 5.69 Å². The maximum atomic E-state index is 10.9. The standard InChI is InChI=1S/C37H29N9/c1-21(2)26-11-28-22(3)30-27-12-29(24-7-9-25(10-8-24)46(5)6)35(15-40,16-41)36(17-42,18-43)32(27)23(4)31(30)33(26)37(19-44,20-45)34(28,13-38)14-39/h7-12,21,28-29,32-33H,1-6H3/t28?,29-,32-,33?/m1/s1. The Morgan fingerprint density at radius 1 is 0.609 bits per heavy atom. The first kappa shape index (κ1) is 31.3. The highest BCUT2D eigenvalue weighted by Gasteiger charge is 2.73. The Kier molecular flexibility index (Phi) is 6.97. The molecule has 9 nitrogen and oxygen atoms in total. The molecule has 5 aliphatic carbocycles. The fraction of sp³-hybridized carbons (Fsp3) is 0.405. The maximum Gasteiger partial charge on any atom is 0.186 e. The average molecular weight is 600 g/mol. The lowest BCUT2D eigenvalue weighted by atomic mass is 9.47. The van der Waals surface area contributed by atoms with Gasteiger partial charge in [0.1, 0.15) is 0 Å². The summed E-state index contributed by atoms with van der Waals surface area (Å²) in [6.07, 6.45) is 3.63. The molecular formula is C37H29N9. The van der Waals surface area contributed by atoms with Crippen LogP contribution in [0.1, 0.15) is 39.2 Å². The van der Waals surface area contributed by atoms with Crippen molar-refractivity contribution in [3.8, 4) is 48.6 Å². The van der Waals surface area contributed by atoms with E-state index in [0.29, 0.717) is 39.0 Å². The van der Waals surface area contributed by atoms with Crippen LogP contribution in [-0.2, 0) is 0 Å². The predicted molar refractivity (Wildman–Crippen MR) is 165 cm³/mol. The second kappa shape index (κ2) is 10.2. The summed E-state index contributed by atoms with van der Waals surface area (Å²) in [5, 5.41) is 86.2. The number of hydrogen-bond acceptors (Lipinski definition) is 9. The van der Waals surface area contributed by atoms with Crippen LogP contribution in [0.15, 0.2) is 69.9 Å². The lowest BCUT2D eigenvalue weighted by Gasteiger charge is -2.47. The molecule has 222 valence electrons. The van der Waals surface area contributed by atoms with Gasteiger partial charge in [0, 0.05) is 43.5 Å². The van der Waals surface area contributed by atoms with Gasteiger partial charge in [0.25, 0.3) is 0 Å². The molecule has 1 aromatic rings. The second-order valence-electron chi connectivity index (χ2n) is 13.0. The van der Waals surface area contributed by atoms with E-state index in [1.807, 2.05) is 51.1 Å². The topological polar surface area (TPSA) is 194 Å². The first-order chi connectivity index (χ1) is 21.9. The molecule has 6 rings (SSSR count). The first-order valence-corrected chi connectivity index (χ1v) is 14.8. The number of allylic oxidation sites excluding steroid dienone is 8. The number of benzene rings is 1. The van der Waals surface area contributed by atoms with Gasteiger partial charge in [-0.3, -0.25) is 0 Å². The largest absolute Gasteiger partial charge is 0.378 e. The highest BCUT2D eigenvalue weighted by atomic mass is 15.1. The van der Waals surface area contributed by atoms with E-state index in [9.17, 15) is 42.1 Å². The van der Waals surface area contributed by atoms with E-state index in [-0.39, 0.29) is 5.92 Å². The molecule has 1 aromatic carbocycles. The van der Waals surface area contributed by atoms with Crippen molar-refractivity contribution in [3.63, 3.8) is 0 Å². The Labute approximate surface area is 269 Å². The molecule has 46 heavy (non-hydrogen) atoms. The third-order valence-electron chi connectivity index (χ3n) is 10.8. The lowest BCUT2D eigenvalue weighted by Crippen LogP contribution is -2.52. The van der Waals surface area contributed by atoms with Gasteiger partial charge < -0.3 is 4.90 Å². The normalized spacial score (nSPS) is 26.8. The van der Waals surface area contributed by atoms with E-state index in [1.165, 1.54) is 0 Å². The molecule has 4 atom stereocenters. The zero-order valence-electron chi connectivity index (χ0n) is 26.4. The molecule has 0 spiro atoms. The quantitative estimate of drug-likeness (QED) is 0.373. The van der Waals surface area contributed by atoms with Gasteiger partial charge in [0.05, 0.1) is 48.6 Å². The smallest absolute Gasteiger partial charge is 0.186 e. The van der Waals surface area contributed by atoms with Crippen LogP contribution >= 0.6 is 0 Å². The van der Waals surface area contributed by atoms with Crippen LogP contribution < -0.4 is 4.90 Å². The average Bonchev–Trinajstić information content (AvgIpc) is 3.24. The van der Waals surface area contributed by atoms with Crippen LogP contribution in [0.5, 0.6) is 0 Å². The van der Waals surface area contributed by atoms with Crippen LogP contribution in [0.3, 0.4) is 0 Å². The summed E-state index contributed by atoms with van der Waals surface area (Å²) in [7, 11) is 3.75. The fourth-order valence-corrected chi connectivity index (χ4v) is 8.53. The van der Waals surface area contributed by atoms with Crippen molar-refractivity contribution < 1.29 is 0 Å². The van der Waals surface area contributed by atoms with Gasteiger partial charge in [0.2, 0.25) is 0 Å². The highest BCUT2D eigenvalue weighted by Crippen LogP contribution is 2.71. The third-order valence-corrected chi connectivity index (χ3v) is 10.8. The summed E-state index contributed by atoms with van der Waals surface area (Å²) in [6.45, 7) is 7.30. The summed E-state index contributed by atoms with van der Waals surface area (Å²) in [4.78, 5) is 1.90. The van der Waals surface area contributed by atoms with E-state index in [0.717, 1.165) is 5.69 Å². The number of nitrogens with zero attached hydrogens (tertiary/aromatic N) is 9. The Bertz CT molecular complexity index is 1990. The lowest BCUT2D eigenvalue weighted by molar-refractivity contribution is 0.179. The third kappa shape index (κ3) is 3.26. The fourth-order valence-electron chi connectivity index (χ4n) is 8.53. The van der Waals surface area contributed by atoms with Crippen LogP contribution in [0.25, 0.3) is 0 Å². The van der Waals surface area contributed by atoms with Gasteiger partial charge in [0.15, 0.2) is 21.7 Å². The van der Waals surface area contributed by atoms with Gasteiger partial charge >= 0.3 is 0 Å². The Hall–Kier alpha value is -6.10. The van der Waals surface area contributed by atoms with Crippen LogP contribution in [0.2, 0.25) is 0 Å². The van der Waals surface area contributed by atoms with Crippen molar-refractivity contribution in [1.82, 2.24) is 0 Å². The van der Waals surface area contributed by atoms with Gasteiger partial charge in [-0.2, -0.15) is 42.1 Å². The molecule has 9 heteroatoms.